The Morgan fingerprint density at radius 1 is 1.23 bits per heavy atom. The highest BCUT2D eigenvalue weighted by Crippen LogP contribution is 2.59. The summed E-state index contributed by atoms with van der Waals surface area (Å²) >= 11 is 0. The van der Waals surface area contributed by atoms with Crippen molar-refractivity contribution in [3.8, 4) is 5.75 Å². The van der Waals surface area contributed by atoms with Gasteiger partial charge in [0.05, 0.1) is 0 Å². The van der Waals surface area contributed by atoms with Gasteiger partial charge in [-0.15, -0.1) is 0 Å². The molecule has 4 atom stereocenters. The van der Waals surface area contributed by atoms with E-state index in [0.717, 1.165) is 24.7 Å². The molecule has 3 nitrogen and oxygen atoms in total. The zero-order valence-corrected chi connectivity index (χ0v) is 13.6. The van der Waals surface area contributed by atoms with Crippen molar-refractivity contribution in [3.05, 3.63) is 29.3 Å². The molecular weight excluding hydrogens is 272 g/mol. The summed E-state index contributed by atoms with van der Waals surface area (Å²) in [5.74, 6) is 2.68. The third-order valence-electron chi connectivity index (χ3n) is 6.70. The van der Waals surface area contributed by atoms with E-state index in [1.165, 1.54) is 42.5 Å². The minimum atomic E-state index is 0.304. The largest absolute Gasteiger partial charge is 0.508 e. The molecule has 0 amide bonds. The standard InChI is InChI=1S/C19H26N2O/c1-19-10-9-15-14-6-4-13(22)11-12(14)3-5-16(15)17(19)7-8-18(19)21-20-2/h4,6,11,15-17,20,22H,3,5,7-10H2,1-2H3/b21-18-/t15-,16-,17+,19-/m0/s1. The highest BCUT2D eigenvalue weighted by molar-refractivity contribution is 5.92. The van der Waals surface area contributed by atoms with Crippen LogP contribution in [0, 0.1) is 17.3 Å². The summed E-state index contributed by atoms with van der Waals surface area (Å²) in [7, 11) is 1.92. The van der Waals surface area contributed by atoms with Crippen LogP contribution in [0.15, 0.2) is 23.3 Å². The lowest BCUT2D eigenvalue weighted by molar-refractivity contribution is 0.0954. The maximum absolute atomic E-state index is 9.75. The van der Waals surface area contributed by atoms with E-state index in [1.807, 2.05) is 19.2 Å². The molecular formula is C19H26N2O. The molecule has 0 aromatic heterocycles. The first-order valence-electron chi connectivity index (χ1n) is 8.69. The number of hydrazone groups is 1. The molecule has 0 unspecified atom stereocenters. The highest BCUT2D eigenvalue weighted by atomic mass is 16.3. The molecule has 2 saturated carbocycles. The summed E-state index contributed by atoms with van der Waals surface area (Å²) in [5.41, 5.74) is 7.62. The van der Waals surface area contributed by atoms with Gasteiger partial charge >= 0.3 is 0 Å². The van der Waals surface area contributed by atoms with Crippen LogP contribution >= 0.6 is 0 Å². The molecule has 0 heterocycles. The van der Waals surface area contributed by atoms with Crippen molar-refractivity contribution >= 4 is 5.71 Å². The number of phenols is 1. The van der Waals surface area contributed by atoms with E-state index < -0.39 is 0 Å². The highest BCUT2D eigenvalue weighted by Gasteiger charge is 2.53. The molecule has 4 rings (SSSR count). The first kappa shape index (κ1) is 14.1. The number of nitrogens with zero attached hydrogens (tertiary/aromatic N) is 1. The second kappa shape index (κ2) is 5.00. The van der Waals surface area contributed by atoms with Crippen molar-refractivity contribution in [2.45, 2.75) is 51.4 Å². The van der Waals surface area contributed by atoms with Crippen LogP contribution in [0.3, 0.4) is 0 Å². The van der Waals surface area contributed by atoms with Crippen LogP contribution in [0.2, 0.25) is 0 Å². The SMILES string of the molecule is CN/N=C1/CC[C@@H]2[C@H]3CCc4cc(O)ccc4[C@@H]3CC[C@]12C. The lowest BCUT2D eigenvalue weighted by Crippen LogP contribution is -2.42. The Bertz CT molecular complexity index is 624. The number of rotatable bonds is 1. The minimum absolute atomic E-state index is 0.304. The van der Waals surface area contributed by atoms with E-state index in [4.69, 9.17) is 0 Å². The maximum Gasteiger partial charge on any atom is 0.115 e. The number of hydrogen-bond acceptors (Lipinski definition) is 3. The molecule has 0 saturated heterocycles. The van der Waals surface area contributed by atoms with Gasteiger partial charge in [-0.25, -0.2) is 0 Å². The molecule has 0 bridgehead atoms. The van der Waals surface area contributed by atoms with Gasteiger partial charge in [0, 0.05) is 18.2 Å². The summed E-state index contributed by atoms with van der Waals surface area (Å²) in [6, 6.07) is 6.04. The Balaban J connectivity index is 1.69. The van der Waals surface area contributed by atoms with Crippen LogP contribution in [0.4, 0.5) is 0 Å². The van der Waals surface area contributed by atoms with Gasteiger partial charge in [0.1, 0.15) is 5.75 Å². The predicted octanol–water partition coefficient (Wildman–Crippen LogP) is 3.82. The monoisotopic (exact) mass is 298 g/mol. The topological polar surface area (TPSA) is 44.6 Å². The van der Waals surface area contributed by atoms with Crippen LogP contribution in [0.1, 0.15) is 56.1 Å². The molecule has 2 fully saturated rings. The van der Waals surface area contributed by atoms with Gasteiger partial charge in [-0.2, -0.15) is 5.10 Å². The lowest BCUT2D eigenvalue weighted by Gasteiger charge is -2.49. The Morgan fingerprint density at radius 2 is 2.09 bits per heavy atom. The Kier molecular flexibility index (Phi) is 3.21. The van der Waals surface area contributed by atoms with Crippen molar-refractivity contribution in [3.63, 3.8) is 0 Å². The van der Waals surface area contributed by atoms with Crippen molar-refractivity contribution in [2.24, 2.45) is 22.4 Å². The summed E-state index contributed by atoms with van der Waals surface area (Å²) in [5, 5.41) is 14.4. The first-order valence-corrected chi connectivity index (χ1v) is 8.69. The second-order valence-corrected chi connectivity index (χ2v) is 7.58. The molecule has 22 heavy (non-hydrogen) atoms. The van der Waals surface area contributed by atoms with E-state index >= 15 is 0 Å². The van der Waals surface area contributed by atoms with Gasteiger partial charge in [-0.05, 0) is 79.5 Å². The summed E-state index contributed by atoms with van der Waals surface area (Å²) in [6.45, 7) is 2.45. The van der Waals surface area contributed by atoms with E-state index in [-0.39, 0.29) is 0 Å². The fourth-order valence-corrected chi connectivity index (χ4v) is 5.68. The summed E-state index contributed by atoms with van der Waals surface area (Å²) in [4.78, 5) is 0. The molecule has 118 valence electrons. The molecule has 1 aromatic carbocycles. The third kappa shape index (κ3) is 1.90. The molecule has 3 aliphatic rings. The van der Waals surface area contributed by atoms with E-state index in [1.54, 1.807) is 0 Å². The Morgan fingerprint density at radius 3 is 2.91 bits per heavy atom. The van der Waals surface area contributed by atoms with E-state index in [9.17, 15) is 5.11 Å². The molecule has 3 heteroatoms. The molecule has 0 spiro atoms. The molecule has 2 N–H and O–H groups in total. The maximum atomic E-state index is 9.75. The van der Waals surface area contributed by atoms with E-state index in [2.05, 4.69) is 23.5 Å². The zero-order chi connectivity index (χ0) is 15.3. The van der Waals surface area contributed by atoms with Crippen LogP contribution in [0.5, 0.6) is 5.75 Å². The van der Waals surface area contributed by atoms with Crippen molar-refractivity contribution in [1.29, 1.82) is 0 Å². The fraction of sp³-hybridized carbons (Fsp3) is 0.632. The normalized spacial score (nSPS) is 38.3. The number of aryl methyl sites for hydroxylation is 1. The van der Waals surface area contributed by atoms with Crippen LogP contribution < -0.4 is 5.43 Å². The van der Waals surface area contributed by atoms with E-state index in [0.29, 0.717) is 17.1 Å². The predicted molar refractivity (Wildman–Crippen MR) is 89.2 cm³/mol. The number of fused-ring (bicyclic) bond motifs is 5. The van der Waals surface area contributed by atoms with Gasteiger partial charge in [0.25, 0.3) is 0 Å². The average molecular weight is 298 g/mol. The fourth-order valence-electron chi connectivity index (χ4n) is 5.68. The van der Waals surface area contributed by atoms with Gasteiger partial charge in [-0.1, -0.05) is 13.0 Å². The molecule has 3 aliphatic carbocycles. The zero-order valence-electron chi connectivity index (χ0n) is 13.6. The Labute approximate surface area is 132 Å². The Hall–Kier alpha value is -1.51. The van der Waals surface area contributed by atoms with Gasteiger partial charge in [-0.3, -0.25) is 0 Å². The lowest BCUT2D eigenvalue weighted by atomic mass is 9.55. The quantitative estimate of drug-likeness (QED) is 0.774. The number of benzene rings is 1. The average Bonchev–Trinajstić information content (AvgIpc) is 2.84. The molecule has 1 aromatic rings. The number of nitrogens with one attached hydrogen (secondary N) is 1. The number of phenolic OH excluding ortho intramolecular Hbond substituents is 1. The second-order valence-electron chi connectivity index (χ2n) is 7.58. The van der Waals surface area contributed by atoms with Crippen LogP contribution in [-0.4, -0.2) is 17.9 Å². The third-order valence-corrected chi connectivity index (χ3v) is 6.70. The molecule has 0 radical (unpaired) electrons. The van der Waals surface area contributed by atoms with Crippen molar-refractivity contribution in [2.75, 3.05) is 7.05 Å². The van der Waals surface area contributed by atoms with Gasteiger partial charge < -0.3 is 10.5 Å². The van der Waals surface area contributed by atoms with Gasteiger partial charge in [0.2, 0.25) is 0 Å². The number of hydrogen-bond donors (Lipinski definition) is 2. The summed E-state index contributed by atoms with van der Waals surface area (Å²) < 4.78 is 0. The minimum Gasteiger partial charge on any atom is -0.508 e. The van der Waals surface area contributed by atoms with Crippen LogP contribution in [0.25, 0.3) is 0 Å². The van der Waals surface area contributed by atoms with Crippen LogP contribution in [-0.2, 0) is 6.42 Å². The smallest absolute Gasteiger partial charge is 0.115 e. The van der Waals surface area contributed by atoms with Crippen molar-refractivity contribution in [1.82, 2.24) is 5.43 Å². The van der Waals surface area contributed by atoms with Crippen molar-refractivity contribution < 1.29 is 5.11 Å². The first-order chi connectivity index (χ1) is 10.6. The van der Waals surface area contributed by atoms with Gasteiger partial charge in [0.15, 0.2) is 0 Å². The summed E-state index contributed by atoms with van der Waals surface area (Å²) in [6.07, 6.45) is 7.36. The molecule has 0 aliphatic heterocycles. The number of aromatic hydroxyl groups is 1.